The Kier molecular flexibility index (Phi) is 7.94. The zero-order chi connectivity index (χ0) is 22.4. The molecule has 0 bridgehead atoms. The molecule has 0 unspecified atom stereocenters. The summed E-state index contributed by atoms with van der Waals surface area (Å²) in [4.78, 5) is 31.6. The normalized spacial score (nSPS) is 17.9. The lowest BCUT2D eigenvalue weighted by Crippen LogP contribution is -2.47. The van der Waals surface area contributed by atoms with E-state index in [1.54, 1.807) is 4.90 Å². The van der Waals surface area contributed by atoms with Crippen LogP contribution in [0.15, 0.2) is 18.2 Å². The third-order valence-electron chi connectivity index (χ3n) is 6.05. The Bertz CT molecular complexity index is 767. The van der Waals surface area contributed by atoms with E-state index < -0.39 is 0 Å². The maximum absolute atomic E-state index is 12.5. The molecule has 1 saturated heterocycles. The Morgan fingerprint density at radius 2 is 1.77 bits per heavy atom. The van der Waals surface area contributed by atoms with Crippen molar-refractivity contribution in [1.29, 1.82) is 0 Å². The number of carbonyl (C=O) groups excluding carboxylic acids is 2. The summed E-state index contributed by atoms with van der Waals surface area (Å²) < 4.78 is 5.57. The van der Waals surface area contributed by atoms with Crippen molar-refractivity contribution >= 4 is 17.5 Å². The summed E-state index contributed by atoms with van der Waals surface area (Å²) >= 11 is 0. The van der Waals surface area contributed by atoms with E-state index in [0.29, 0.717) is 18.0 Å². The van der Waals surface area contributed by atoms with Crippen molar-refractivity contribution in [2.24, 2.45) is 0 Å². The van der Waals surface area contributed by atoms with Crippen molar-refractivity contribution in [3.05, 3.63) is 23.8 Å². The summed E-state index contributed by atoms with van der Waals surface area (Å²) in [5.41, 5.74) is 1.74. The molecular weight excluding hydrogens is 392 g/mol. The molecule has 0 radical (unpaired) electrons. The summed E-state index contributed by atoms with van der Waals surface area (Å²) in [7, 11) is 0. The minimum atomic E-state index is -0.182. The Hall–Kier alpha value is -2.12. The second kappa shape index (κ2) is 10.5. The van der Waals surface area contributed by atoms with E-state index in [1.165, 1.54) is 13.0 Å². The van der Waals surface area contributed by atoms with Gasteiger partial charge in [-0.2, -0.15) is 0 Å². The van der Waals surface area contributed by atoms with Crippen LogP contribution in [-0.2, 0) is 15.0 Å². The van der Waals surface area contributed by atoms with Gasteiger partial charge < -0.3 is 19.9 Å². The van der Waals surface area contributed by atoms with Gasteiger partial charge in [0.25, 0.3) is 5.91 Å². The lowest BCUT2D eigenvalue weighted by Gasteiger charge is -2.34. The molecule has 1 fully saturated rings. The molecule has 2 heterocycles. The van der Waals surface area contributed by atoms with E-state index in [2.05, 4.69) is 42.8 Å². The average molecular weight is 431 g/mol. The number of amides is 2. The van der Waals surface area contributed by atoms with Gasteiger partial charge in [0.15, 0.2) is 6.61 Å². The Morgan fingerprint density at radius 1 is 1.10 bits per heavy atom. The van der Waals surface area contributed by atoms with Crippen LogP contribution in [0.1, 0.15) is 46.1 Å². The number of nitrogens with zero attached hydrogens (tertiary/aromatic N) is 3. The van der Waals surface area contributed by atoms with Gasteiger partial charge in [0.2, 0.25) is 5.91 Å². The van der Waals surface area contributed by atoms with Crippen molar-refractivity contribution in [1.82, 2.24) is 15.1 Å². The van der Waals surface area contributed by atoms with E-state index in [0.717, 1.165) is 44.7 Å². The van der Waals surface area contributed by atoms with Crippen LogP contribution in [0.3, 0.4) is 0 Å². The zero-order valence-electron chi connectivity index (χ0n) is 19.6. The van der Waals surface area contributed by atoms with Gasteiger partial charge in [0, 0.05) is 32.7 Å². The molecule has 7 heteroatoms. The van der Waals surface area contributed by atoms with Crippen molar-refractivity contribution < 1.29 is 14.3 Å². The van der Waals surface area contributed by atoms with Crippen molar-refractivity contribution in [2.45, 2.75) is 46.0 Å². The van der Waals surface area contributed by atoms with E-state index >= 15 is 0 Å². The van der Waals surface area contributed by atoms with Crippen LogP contribution in [0.25, 0.3) is 0 Å². The summed E-state index contributed by atoms with van der Waals surface area (Å²) in [5.74, 6) is 0.344. The first-order chi connectivity index (χ1) is 14.8. The average Bonchev–Trinajstić information content (AvgIpc) is 2.73. The van der Waals surface area contributed by atoms with E-state index in [9.17, 15) is 9.59 Å². The number of hydrogen-bond donors (Lipinski definition) is 1. The number of fused-ring (bicyclic) bond motifs is 1. The first-order valence-corrected chi connectivity index (χ1v) is 11.6. The van der Waals surface area contributed by atoms with Crippen LogP contribution in [0, 0.1) is 0 Å². The van der Waals surface area contributed by atoms with E-state index in [4.69, 9.17) is 4.74 Å². The molecule has 2 amide bonds. The van der Waals surface area contributed by atoms with Gasteiger partial charge >= 0.3 is 0 Å². The van der Waals surface area contributed by atoms with Gasteiger partial charge in [-0.25, -0.2) is 0 Å². The first-order valence-electron chi connectivity index (χ1n) is 11.6. The third kappa shape index (κ3) is 6.43. The number of hydrogen-bond acceptors (Lipinski definition) is 5. The minimum Gasteiger partial charge on any atom is -0.482 e. The maximum atomic E-state index is 12.5. The van der Waals surface area contributed by atoms with E-state index in [1.807, 2.05) is 18.2 Å². The highest BCUT2D eigenvalue weighted by Gasteiger charge is 2.29. The fraction of sp³-hybridized carbons (Fsp3) is 0.667. The second-order valence-corrected chi connectivity index (χ2v) is 9.59. The lowest BCUT2D eigenvalue weighted by molar-refractivity contribution is -0.125. The fourth-order valence-electron chi connectivity index (χ4n) is 4.12. The summed E-state index contributed by atoms with van der Waals surface area (Å²) in [6.45, 7) is 15.9. The second-order valence-electron chi connectivity index (χ2n) is 9.59. The quantitative estimate of drug-likeness (QED) is 0.641. The molecule has 1 N–H and O–H groups in total. The number of rotatable bonds is 8. The Morgan fingerprint density at radius 3 is 2.42 bits per heavy atom. The maximum Gasteiger partial charge on any atom is 0.265 e. The number of ether oxygens (including phenoxy) is 1. The highest BCUT2D eigenvalue weighted by atomic mass is 16.5. The van der Waals surface area contributed by atoms with Crippen molar-refractivity contribution in [3.8, 4) is 5.75 Å². The van der Waals surface area contributed by atoms with Crippen LogP contribution in [-0.4, -0.2) is 80.6 Å². The Labute approximate surface area is 186 Å². The van der Waals surface area contributed by atoms with E-state index in [-0.39, 0.29) is 30.4 Å². The van der Waals surface area contributed by atoms with Crippen LogP contribution in [0.2, 0.25) is 0 Å². The van der Waals surface area contributed by atoms with Crippen molar-refractivity contribution in [2.75, 3.05) is 63.9 Å². The lowest BCUT2D eigenvalue weighted by atomic mass is 9.86. The van der Waals surface area contributed by atoms with Gasteiger partial charge in [-0.05, 0) is 49.0 Å². The molecule has 7 nitrogen and oxygen atoms in total. The topological polar surface area (TPSA) is 65.1 Å². The highest BCUT2D eigenvalue weighted by molar-refractivity contribution is 6.02. The summed E-state index contributed by atoms with van der Waals surface area (Å²) in [6, 6.07) is 5.89. The monoisotopic (exact) mass is 430 g/mol. The molecule has 31 heavy (non-hydrogen) atoms. The fourth-order valence-corrected chi connectivity index (χ4v) is 4.12. The first kappa shape index (κ1) is 23.5. The van der Waals surface area contributed by atoms with Crippen LogP contribution in [0.4, 0.5) is 5.69 Å². The smallest absolute Gasteiger partial charge is 0.265 e. The zero-order valence-corrected chi connectivity index (χ0v) is 19.6. The molecule has 0 aromatic heterocycles. The predicted molar refractivity (Wildman–Crippen MR) is 124 cm³/mol. The van der Waals surface area contributed by atoms with Crippen molar-refractivity contribution in [3.63, 3.8) is 0 Å². The summed E-state index contributed by atoms with van der Waals surface area (Å²) in [6.07, 6.45) is 2.13. The number of piperazine rings is 1. The molecule has 0 atom stereocenters. The number of anilines is 1. The minimum absolute atomic E-state index is 0.0263. The highest BCUT2D eigenvalue weighted by Crippen LogP contribution is 2.36. The molecule has 0 saturated carbocycles. The molecule has 3 rings (SSSR count). The predicted octanol–water partition coefficient (Wildman–Crippen LogP) is 2.24. The Balaban J connectivity index is 1.47. The summed E-state index contributed by atoms with van der Waals surface area (Å²) in [5, 5.41) is 2.98. The third-order valence-corrected chi connectivity index (χ3v) is 6.05. The van der Waals surface area contributed by atoms with Gasteiger partial charge in [0.05, 0.1) is 5.69 Å². The molecular formula is C24H38N4O3. The molecule has 1 aromatic carbocycles. The molecule has 1 aromatic rings. The van der Waals surface area contributed by atoms with Gasteiger partial charge in [-0.3, -0.25) is 14.5 Å². The molecule has 172 valence electrons. The molecule has 2 aliphatic heterocycles. The van der Waals surface area contributed by atoms with Gasteiger partial charge in [-0.15, -0.1) is 0 Å². The van der Waals surface area contributed by atoms with Gasteiger partial charge in [0.1, 0.15) is 12.3 Å². The van der Waals surface area contributed by atoms with Crippen LogP contribution >= 0.6 is 0 Å². The largest absolute Gasteiger partial charge is 0.482 e. The molecule has 2 aliphatic rings. The molecule has 0 spiro atoms. The van der Waals surface area contributed by atoms with Crippen LogP contribution < -0.4 is 15.0 Å². The van der Waals surface area contributed by atoms with Crippen LogP contribution in [0.5, 0.6) is 5.75 Å². The SMILES string of the molecule is CCCN1CCN(CCCNC(=O)CN2C(=O)COc3ccc(C(C)(C)C)cc32)CC1. The number of nitrogens with one attached hydrogen (secondary N) is 1. The number of carbonyl (C=O) groups is 2. The number of benzene rings is 1. The van der Waals surface area contributed by atoms with Gasteiger partial charge in [-0.1, -0.05) is 33.8 Å². The standard InChI is InChI=1S/C24H38N4O3/c1-5-10-26-12-14-27(15-13-26)11-6-9-25-22(29)17-28-20-16-19(24(2,3)4)7-8-21(20)31-18-23(28)30/h7-8,16H,5-6,9-15,17-18H2,1-4H3,(H,25,29). The molecule has 0 aliphatic carbocycles.